The summed E-state index contributed by atoms with van der Waals surface area (Å²) in [7, 11) is -0.589. The number of hydrogen-bond acceptors (Lipinski definition) is 5. The summed E-state index contributed by atoms with van der Waals surface area (Å²) in [5, 5.41) is 11.9. The number of aliphatic hydroxyl groups is 1. The maximum atomic E-state index is 11.8. The Bertz CT molecular complexity index is 467. The van der Waals surface area contributed by atoms with E-state index in [2.05, 4.69) is 5.32 Å². The Hall–Kier alpha value is -0.890. The van der Waals surface area contributed by atoms with Crippen LogP contribution >= 0.6 is 0 Å². The molecule has 0 spiro atoms. The predicted molar refractivity (Wildman–Crippen MR) is 67.5 cm³/mol. The van der Waals surface area contributed by atoms with Crippen LogP contribution in [0.1, 0.15) is 12.7 Å². The molecule has 18 heavy (non-hydrogen) atoms. The standard InChI is InChI=1S/C11H20N2O4S/c1-9(8-14)6-12-7-10-4-5-11(17-10)18(15,16)13(2)3/h4-5,9,12,14H,6-8H2,1-3H3. The van der Waals surface area contributed by atoms with Gasteiger partial charge >= 0.3 is 0 Å². The third-order valence-electron chi connectivity index (χ3n) is 2.48. The molecule has 6 nitrogen and oxygen atoms in total. The Morgan fingerprint density at radius 2 is 2.11 bits per heavy atom. The zero-order valence-corrected chi connectivity index (χ0v) is 11.7. The second-order valence-electron chi connectivity index (χ2n) is 4.43. The van der Waals surface area contributed by atoms with Crippen LogP contribution in [0.5, 0.6) is 0 Å². The molecular formula is C11H20N2O4S. The highest BCUT2D eigenvalue weighted by Crippen LogP contribution is 2.16. The van der Waals surface area contributed by atoms with Crippen LogP contribution < -0.4 is 5.32 Å². The van der Waals surface area contributed by atoms with E-state index < -0.39 is 10.0 Å². The molecule has 0 amide bonds. The Morgan fingerprint density at radius 1 is 1.44 bits per heavy atom. The molecule has 0 bridgehead atoms. The SMILES string of the molecule is CC(CO)CNCc1ccc(S(=O)(=O)N(C)C)o1. The van der Waals surface area contributed by atoms with E-state index in [1.54, 1.807) is 6.07 Å². The van der Waals surface area contributed by atoms with E-state index in [0.29, 0.717) is 18.8 Å². The molecule has 1 aromatic heterocycles. The van der Waals surface area contributed by atoms with E-state index in [9.17, 15) is 8.42 Å². The van der Waals surface area contributed by atoms with Gasteiger partial charge in [-0.3, -0.25) is 0 Å². The van der Waals surface area contributed by atoms with Crippen LogP contribution in [0.3, 0.4) is 0 Å². The zero-order chi connectivity index (χ0) is 13.8. The minimum atomic E-state index is -3.50. The van der Waals surface area contributed by atoms with Crippen molar-refractivity contribution in [1.82, 2.24) is 9.62 Å². The zero-order valence-electron chi connectivity index (χ0n) is 10.9. The molecule has 1 rings (SSSR count). The molecule has 0 aliphatic rings. The van der Waals surface area contributed by atoms with Gasteiger partial charge in [-0.05, 0) is 18.1 Å². The summed E-state index contributed by atoms with van der Waals surface area (Å²) >= 11 is 0. The molecule has 0 fully saturated rings. The summed E-state index contributed by atoms with van der Waals surface area (Å²) in [6, 6.07) is 3.08. The summed E-state index contributed by atoms with van der Waals surface area (Å²) in [4.78, 5) is 0. The van der Waals surface area contributed by atoms with Crippen LogP contribution in [0, 0.1) is 5.92 Å². The van der Waals surface area contributed by atoms with Crippen molar-refractivity contribution in [3.8, 4) is 0 Å². The van der Waals surface area contributed by atoms with Gasteiger partial charge in [0.15, 0.2) is 0 Å². The summed E-state index contributed by atoms with van der Waals surface area (Å²) in [6.45, 7) is 3.11. The van der Waals surface area contributed by atoms with E-state index in [-0.39, 0.29) is 17.6 Å². The van der Waals surface area contributed by atoms with E-state index in [1.165, 1.54) is 20.2 Å². The number of furan rings is 1. The van der Waals surface area contributed by atoms with Gasteiger partial charge in [-0.15, -0.1) is 0 Å². The van der Waals surface area contributed by atoms with Gasteiger partial charge in [-0.1, -0.05) is 6.92 Å². The highest BCUT2D eigenvalue weighted by atomic mass is 32.2. The van der Waals surface area contributed by atoms with Gasteiger partial charge < -0.3 is 14.8 Å². The highest BCUT2D eigenvalue weighted by Gasteiger charge is 2.21. The van der Waals surface area contributed by atoms with Gasteiger partial charge in [0.25, 0.3) is 10.0 Å². The fourth-order valence-corrected chi connectivity index (χ4v) is 2.09. The van der Waals surface area contributed by atoms with Crippen LogP contribution in [0.25, 0.3) is 0 Å². The third-order valence-corrected chi connectivity index (χ3v) is 4.16. The van der Waals surface area contributed by atoms with Crippen molar-refractivity contribution >= 4 is 10.0 Å². The van der Waals surface area contributed by atoms with Crippen LogP contribution in [-0.2, 0) is 16.6 Å². The molecule has 104 valence electrons. The number of rotatable bonds is 7. The van der Waals surface area contributed by atoms with Crippen molar-refractivity contribution < 1.29 is 17.9 Å². The first-order valence-corrected chi connectivity index (χ1v) is 7.14. The smallest absolute Gasteiger partial charge is 0.275 e. The molecule has 7 heteroatoms. The van der Waals surface area contributed by atoms with E-state index in [4.69, 9.17) is 9.52 Å². The second kappa shape index (κ2) is 6.33. The number of nitrogens with one attached hydrogen (secondary N) is 1. The lowest BCUT2D eigenvalue weighted by atomic mass is 10.2. The van der Waals surface area contributed by atoms with Gasteiger partial charge in [0.2, 0.25) is 5.09 Å². The highest BCUT2D eigenvalue weighted by molar-refractivity contribution is 7.88. The minimum absolute atomic E-state index is 0.0560. The van der Waals surface area contributed by atoms with Gasteiger partial charge in [-0.2, -0.15) is 0 Å². The molecule has 0 saturated carbocycles. The molecule has 0 saturated heterocycles. The molecule has 1 unspecified atom stereocenters. The monoisotopic (exact) mass is 276 g/mol. The molecule has 1 atom stereocenters. The maximum absolute atomic E-state index is 11.8. The van der Waals surface area contributed by atoms with Crippen molar-refractivity contribution in [2.45, 2.75) is 18.6 Å². The van der Waals surface area contributed by atoms with Crippen molar-refractivity contribution in [1.29, 1.82) is 0 Å². The number of hydrogen-bond donors (Lipinski definition) is 2. The topological polar surface area (TPSA) is 82.8 Å². The van der Waals surface area contributed by atoms with Crippen molar-refractivity contribution in [3.05, 3.63) is 17.9 Å². The molecular weight excluding hydrogens is 256 g/mol. The average molecular weight is 276 g/mol. The molecule has 0 aliphatic heterocycles. The van der Waals surface area contributed by atoms with Gasteiger partial charge in [0, 0.05) is 27.2 Å². The molecule has 0 aliphatic carbocycles. The maximum Gasteiger partial charge on any atom is 0.275 e. The number of sulfonamides is 1. The van der Waals surface area contributed by atoms with E-state index in [0.717, 1.165) is 4.31 Å². The van der Waals surface area contributed by atoms with Crippen molar-refractivity contribution in [2.75, 3.05) is 27.2 Å². The first kappa shape index (κ1) is 15.2. The lowest BCUT2D eigenvalue weighted by molar-refractivity contribution is 0.232. The Labute approximate surface area is 108 Å². The second-order valence-corrected chi connectivity index (χ2v) is 6.51. The van der Waals surface area contributed by atoms with Gasteiger partial charge in [-0.25, -0.2) is 12.7 Å². The lowest BCUT2D eigenvalue weighted by Gasteiger charge is -2.09. The first-order chi connectivity index (χ1) is 8.37. The first-order valence-electron chi connectivity index (χ1n) is 5.70. The Kier molecular flexibility index (Phi) is 5.33. The van der Waals surface area contributed by atoms with Crippen LogP contribution in [-0.4, -0.2) is 45.1 Å². The van der Waals surface area contributed by atoms with E-state index >= 15 is 0 Å². The predicted octanol–water partition coefficient (Wildman–Crippen LogP) is 0.248. The summed E-state index contributed by atoms with van der Waals surface area (Å²) in [6.07, 6.45) is 0. The lowest BCUT2D eigenvalue weighted by Crippen LogP contribution is -2.23. The molecule has 2 N–H and O–H groups in total. The molecule has 0 aromatic carbocycles. The molecule has 0 radical (unpaired) electrons. The third kappa shape index (κ3) is 3.81. The van der Waals surface area contributed by atoms with Crippen molar-refractivity contribution in [3.63, 3.8) is 0 Å². The number of nitrogens with zero attached hydrogens (tertiary/aromatic N) is 1. The fraction of sp³-hybridized carbons (Fsp3) is 0.636. The van der Waals surface area contributed by atoms with Crippen LogP contribution in [0.4, 0.5) is 0 Å². The summed E-state index contributed by atoms with van der Waals surface area (Å²) in [5.41, 5.74) is 0. The van der Waals surface area contributed by atoms with E-state index in [1.807, 2.05) is 6.92 Å². The van der Waals surface area contributed by atoms with Gasteiger partial charge in [0.05, 0.1) is 6.54 Å². The molecule has 1 aromatic rings. The quantitative estimate of drug-likeness (QED) is 0.746. The summed E-state index contributed by atoms with van der Waals surface area (Å²) < 4.78 is 29.9. The normalized spacial score (nSPS) is 14.1. The van der Waals surface area contributed by atoms with Crippen LogP contribution in [0.15, 0.2) is 21.6 Å². The van der Waals surface area contributed by atoms with Gasteiger partial charge in [0.1, 0.15) is 5.76 Å². The fourth-order valence-electron chi connectivity index (χ4n) is 1.28. The molecule has 1 heterocycles. The average Bonchev–Trinajstić information content (AvgIpc) is 2.77. The largest absolute Gasteiger partial charge is 0.447 e. The number of aliphatic hydroxyl groups excluding tert-OH is 1. The minimum Gasteiger partial charge on any atom is -0.447 e. The van der Waals surface area contributed by atoms with Crippen LogP contribution in [0.2, 0.25) is 0 Å². The Morgan fingerprint density at radius 3 is 2.67 bits per heavy atom. The van der Waals surface area contributed by atoms with Crippen molar-refractivity contribution in [2.24, 2.45) is 5.92 Å². The summed E-state index contributed by atoms with van der Waals surface area (Å²) in [5.74, 6) is 0.713. The Balaban J connectivity index is 2.59.